The van der Waals surface area contributed by atoms with Gasteiger partial charge in [0.25, 0.3) is 0 Å². The van der Waals surface area contributed by atoms with E-state index in [9.17, 15) is 0 Å². The second-order valence-corrected chi connectivity index (χ2v) is 8.28. The number of imidazole rings is 1. The largest absolute Gasteiger partial charge is 0.318 e. The normalized spacial score (nSPS) is 11.7. The van der Waals surface area contributed by atoms with Gasteiger partial charge in [0.05, 0.1) is 12.0 Å². The Morgan fingerprint density at radius 3 is 1.61 bits per heavy atom. The lowest BCUT2D eigenvalue weighted by Gasteiger charge is -2.37. The molecule has 0 bridgehead atoms. The quantitative estimate of drug-likeness (QED) is 0.246. The third-order valence-electron chi connectivity index (χ3n) is 5.90. The van der Waals surface area contributed by atoms with E-state index in [1.807, 2.05) is 42.7 Å². The molecule has 0 spiro atoms. The molecule has 33 heavy (non-hydrogen) atoms. The predicted molar refractivity (Wildman–Crippen MR) is 137 cm³/mol. The lowest BCUT2D eigenvalue weighted by molar-refractivity contribution is 0.514. The molecule has 0 N–H and O–H groups in total. The molecule has 2 nitrogen and oxygen atoms in total. The molecule has 0 saturated heterocycles. The second kappa shape index (κ2) is 9.32. The molecule has 0 radical (unpaired) electrons. The molecule has 1 heterocycles. The molecule has 0 aliphatic heterocycles. The second-order valence-electron chi connectivity index (χ2n) is 7.87. The van der Waals surface area contributed by atoms with Gasteiger partial charge in [-0.2, -0.15) is 0 Å². The minimum atomic E-state index is -0.562. The van der Waals surface area contributed by atoms with Crippen LogP contribution >= 0.6 is 11.6 Å². The molecule has 3 heteroatoms. The molecule has 0 unspecified atom stereocenters. The molecule has 160 valence electrons. The fourth-order valence-electron chi connectivity index (χ4n) is 4.38. The van der Waals surface area contributed by atoms with Gasteiger partial charge in [0.1, 0.15) is 5.54 Å². The van der Waals surface area contributed by atoms with Crippen molar-refractivity contribution < 1.29 is 0 Å². The maximum absolute atomic E-state index is 6.33. The Hall–Kier alpha value is -3.88. The molecule has 5 rings (SSSR count). The summed E-state index contributed by atoms with van der Waals surface area (Å²) < 4.78 is 2.21. The Labute approximate surface area is 199 Å². The van der Waals surface area contributed by atoms with Gasteiger partial charge in [-0.1, -0.05) is 127 Å². The number of aromatic nitrogens is 2. The van der Waals surface area contributed by atoms with Crippen LogP contribution in [0, 0.1) is 0 Å². The Balaban J connectivity index is 1.70. The van der Waals surface area contributed by atoms with Crippen molar-refractivity contribution >= 4 is 23.8 Å². The third-order valence-corrected chi connectivity index (χ3v) is 6.25. The molecule has 5 aromatic rings. The SMILES string of the molecule is Clc1ccccc1/C=C/c1cn(C(c2ccccc2)(c2ccccc2)c2ccccc2)cn1. The van der Waals surface area contributed by atoms with Crippen LogP contribution in [0.2, 0.25) is 5.02 Å². The fourth-order valence-corrected chi connectivity index (χ4v) is 4.58. The number of rotatable bonds is 6. The number of nitrogens with zero attached hydrogens (tertiary/aromatic N) is 2. The minimum Gasteiger partial charge on any atom is -0.318 e. The number of hydrogen-bond donors (Lipinski definition) is 0. The number of benzene rings is 4. The lowest BCUT2D eigenvalue weighted by atomic mass is 9.77. The molecule has 0 aliphatic rings. The van der Waals surface area contributed by atoms with Crippen LogP contribution in [0.3, 0.4) is 0 Å². The van der Waals surface area contributed by atoms with Crippen molar-refractivity contribution in [1.82, 2.24) is 9.55 Å². The zero-order valence-electron chi connectivity index (χ0n) is 18.1. The molecule has 0 atom stereocenters. The first-order chi connectivity index (χ1) is 16.3. The topological polar surface area (TPSA) is 17.8 Å². The zero-order valence-corrected chi connectivity index (χ0v) is 18.8. The molecular weight excluding hydrogens is 424 g/mol. The van der Waals surface area contributed by atoms with Crippen LogP contribution in [-0.2, 0) is 5.54 Å². The van der Waals surface area contributed by atoms with Gasteiger partial charge >= 0.3 is 0 Å². The van der Waals surface area contributed by atoms with Crippen LogP contribution in [0.15, 0.2) is 128 Å². The first-order valence-electron chi connectivity index (χ1n) is 10.9. The highest BCUT2D eigenvalue weighted by Gasteiger charge is 2.38. The van der Waals surface area contributed by atoms with Crippen molar-refractivity contribution in [3.63, 3.8) is 0 Å². The van der Waals surface area contributed by atoms with Gasteiger partial charge in [-0.15, -0.1) is 0 Å². The summed E-state index contributed by atoms with van der Waals surface area (Å²) in [7, 11) is 0. The first kappa shape index (κ1) is 21.0. The third kappa shape index (κ3) is 4.02. The molecule has 0 aliphatic carbocycles. The summed E-state index contributed by atoms with van der Waals surface area (Å²) in [5.74, 6) is 0. The van der Waals surface area contributed by atoms with Gasteiger partial charge in [0, 0.05) is 11.2 Å². The standard InChI is InChI=1S/C30H23ClN2/c31-29-19-11-10-12-24(29)20-21-28-22-33(23-32-28)30(25-13-4-1-5-14-25,26-15-6-2-7-16-26)27-17-8-3-9-18-27/h1-23H/b21-20+. The average molecular weight is 447 g/mol. The average Bonchev–Trinajstić information content (AvgIpc) is 3.35. The zero-order chi connectivity index (χ0) is 22.5. The Morgan fingerprint density at radius 2 is 1.09 bits per heavy atom. The summed E-state index contributed by atoms with van der Waals surface area (Å²) in [6, 6.07) is 39.6. The van der Waals surface area contributed by atoms with Crippen LogP contribution in [0.25, 0.3) is 12.2 Å². The van der Waals surface area contributed by atoms with Crippen LogP contribution in [-0.4, -0.2) is 9.55 Å². The van der Waals surface area contributed by atoms with Crippen LogP contribution < -0.4 is 0 Å². The highest BCUT2D eigenvalue weighted by Crippen LogP contribution is 2.40. The summed E-state index contributed by atoms with van der Waals surface area (Å²) in [5, 5.41) is 0.723. The van der Waals surface area contributed by atoms with Gasteiger partial charge in [0.2, 0.25) is 0 Å². The van der Waals surface area contributed by atoms with E-state index < -0.39 is 5.54 Å². The maximum atomic E-state index is 6.33. The van der Waals surface area contributed by atoms with Gasteiger partial charge in [-0.25, -0.2) is 4.98 Å². The first-order valence-corrected chi connectivity index (χ1v) is 11.3. The van der Waals surface area contributed by atoms with E-state index in [4.69, 9.17) is 16.6 Å². The lowest BCUT2D eigenvalue weighted by Crippen LogP contribution is -2.36. The molecule has 0 amide bonds. The van der Waals surface area contributed by atoms with Crippen LogP contribution in [0.5, 0.6) is 0 Å². The highest BCUT2D eigenvalue weighted by molar-refractivity contribution is 6.32. The molecule has 4 aromatic carbocycles. The van der Waals surface area contributed by atoms with Crippen molar-refractivity contribution in [3.05, 3.63) is 161 Å². The van der Waals surface area contributed by atoms with Gasteiger partial charge in [-0.3, -0.25) is 0 Å². The minimum absolute atomic E-state index is 0.562. The van der Waals surface area contributed by atoms with E-state index >= 15 is 0 Å². The maximum Gasteiger partial charge on any atom is 0.121 e. The van der Waals surface area contributed by atoms with Gasteiger partial charge in [-0.05, 0) is 34.4 Å². The highest BCUT2D eigenvalue weighted by atomic mass is 35.5. The van der Waals surface area contributed by atoms with Gasteiger partial charge in [0.15, 0.2) is 0 Å². The molecule has 1 aromatic heterocycles. The van der Waals surface area contributed by atoms with E-state index in [0.29, 0.717) is 0 Å². The molecule has 0 saturated carbocycles. The Morgan fingerprint density at radius 1 is 0.606 bits per heavy atom. The summed E-state index contributed by atoms with van der Waals surface area (Å²) in [5.41, 5.74) is 4.77. The Bertz CT molecular complexity index is 1260. The summed E-state index contributed by atoms with van der Waals surface area (Å²) in [6.07, 6.45) is 8.02. The fraction of sp³-hybridized carbons (Fsp3) is 0.0333. The Kier molecular flexibility index (Phi) is 5.93. The van der Waals surface area contributed by atoms with E-state index in [-0.39, 0.29) is 0 Å². The summed E-state index contributed by atoms with van der Waals surface area (Å²) in [4.78, 5) is 4.74. The van der Waals surface area contributed by atoms with Crippen molar-refractivity contribution in [1.29, 1.82) is 0 Å². The molecule has 0 fully saturated rings. The van der Waals surface area contributed by atoms with Crippen molar-refractivity contribution in [3.8, 4) is 0 Å². The molecular formula is C30H23ClN2. The van der Waals surface area contributed by atoms with Crippen LogP contribution in [0.4, 0.5) is 0 Å². The van der Waals surface area contributed by atoms with E-state index in [1.54, 1.807) is 0 Å². The van der Waals surface area contributed by atoms with E-state index in [0.717, 1.165) is 16.3 Å². The monoisotopic (exact) mass is 446 g/mol. The van der Waals surface area contributed by atoms with Crippen molar-refractivity contribution in [2.45, 2.75) is 5.54 Å². The summed E-state index contributed by atoms with van der Waals surface area (Å²) in [6.45, 7) is 0. The van der Waals surface area contributed by atoms with Gasteiger partial charge < -0.3 is 4.57 Å². The van der Waals surface area contributed by atoms with Crippen molar-refractivity contribution in [2.24, 2.45) is 0 Å². The van der Waals surface area contributed by atoms with E-state index in [2.05, 4.69) is 102 Å². The predicted octanol–water partition coefficient (Wildman–Crippen LogP) is 7.55. The smallest absolute Gasteiger partial charge is 0.121 e. The van der Waals surface area contributed by atoms with E-state index in [1.165, 1.54) is 16.7 Å². The number of hydrogen-bond acceptors (Lipinski definition) is 1. The number of halogens is 1. The van der Waals surface area contributed by atoms with Crippen molar-refractivity contribution in [2.75, 3.05) is 0 Å². The van der Waals surface area contributed by atoms with Crippen LogP contribution in [0.1, 0.15) is 27.9 Å². The summed E-state index contributed by atoms with van der Waals surface area (Å²) >= 11 is 6.33.